The second kappa shape index (κ2) is 6.83. The van der Waals surface area contributed by atoms with Gasteiger partial charge in [-0.05, 0) is 39.0 Å². The fourth-order valence-electron chi connectivity index (χ4n) is 2.51. The minimum absolute atomic E-state index is 0.0646. The molecular weight excluding hydrogens is 336 g/mol. The Balaban J connectivity index is 2.12. The predicted molar refractivity (Wildman–Crippen MR) is 95.3 cm³/mol. The van der Waals surface area contributed by atoms with Crippen LogP contribution in [0.4, 0.5) is 5.69 Å². The molecule has 8 nitrogen and oxygen atoms in total. The number of nitrogens with zero attached hydrogens (tertiary/aromatic N) is 3. The number of hydrogen-bond donors (Lipinski definition) is 1. The van der Waals surface area contributed by atoms with E-state index < -0.39 is 4.92 Å². The standard InChI is InChI=1S/C18H18N4O4/c1-11(2)19-18(23)16-10-15(17-8-7-12(3)26-17)20-21(16)13-5-4-6-14(9-13)22(24)25/h4-11H,1-3H3,(H,19,23). The molecule has 8 heteroatoms. The Morgan fingerprint density at radius 2 is 2.04 bits per heavy atom. The number of nitro benzene ring substituents is 1. The zero-order valence-corrected chi connectivity index (χ0v) is 14.6. The molecule has 134 valence electrons. The average Bonchev–Trinajstić information content (AvgIpc) is 3.20. The molecule has 0 fully saturated rings. The Morgan fingerprint density at radius 1 is 1.27 bits per heavy atom. The van der Waals surface area contributed by atoms with Gasteiger partial charge >= 0.3 is 0 Å². The van der Waals surface area contributed by atoms with E-state index in [1.54, 1.807) is 30.3 Å². The highest BCUT2D eigenvalue weighted by atomic mass is 16.6. The highest BCUT2D eigenvalue weighted by molar-refractivity contribution is 5.94. The molecule has 3 aromatic rings. The number of hydrogen-bond acceptors (Lipinski definition) is 5. The molecule has 0 radical (unpaired) electrons. The second-order valence-electron chi connectivity index (χ2n) is 6.14. The van der Waals surface area contributed by atoms with Crippen LogP contribution in [0.1, 0.15) is 30.1 Å². The van der Waals surface area contributed by atoms with E-state index in [-0.39, 0.29) is 23.3 Å². The Kier molecular flexibility index (Phi) is 4.57. The number of non-ortho nitro benzene ring substituents is 1. The number of aromatic nitrogens is 2. The normalized spacial score (nSPS) is 10.9. The molecule has 2 aromatic heterocycles. The average molecular weight is 354 g/mol. The number of carbonyl (C=O) groups is 1. The van der Waals surface area contributed by atoms with E-state index >= 15 is 0 Å². The third-order valence-electron chi connectivity index (χ3n) is 3.64. The summed E-state index contributed by atoms with van der Waals surface area (Å²) in [6, 6.07) is 11.1. The van der Waals surface area contributed by atoms with Gasteiger partial charge in [-0.2, -0.15) is 5.10 Å². The van der Waals surface area contributed by atoms with E-state index in [0.29, 0.717) is 17.1 Å². The number of aryl methyl sites for hydroxylation is 1. The van der Waals surface area contributed by atoms with E-state index in [0.717, 1.165) is 5.76 Å². The van der Waals surface area contributed by atoms with Gasteiger partial charge in [-0.15, -0.1) is 0 Å². The van der Waals surface area contributed by atoms with Crippen molar-refractivity contribution in [3.8, 4) is 17.1 Å². The van der Waals surface area contributed by atoms with Crippen LogP contribution in [0.25, 0.3) is 17.1 Å². The molecule has 26 heavy (non-hydrogen) atoms. The SMILES string of the molecule is Cc1ccc(-c2cc(C(=O)NC(C)C)n(-c3cccc([N+](=O)[O-])c3)n2)o1. The minimum atomic E-state index is -0.488. The van der Waals surface area contributed by atoms with Crippen LogP contribution in [0.3, 0.4) is 0 Å². The summed E-state index contributed by atoms with van der Waals surface area (Å²) in [6.07, 6.45) is 0. The number of amides is 1. The third-order valence-corrected chi connectivity index (χ3v) is 3.64. The molecule has 0 saturated carbocycles. The van der Waals surface area contributed by atoms with Gasteiger partial charge in [0.05, 0.1) is 10.6 Å². The summed E-state index contributed by atoms with van der Waals surface area (Å²) in [5.74, 6) is 0.914. The van der Waals surface area contributed by atoms with Crippen molar-refractivity contribution in [3.05, 3.63) is 64.0 Å². The summed E-state index contributed by atoms with van der Waals surface area (Å²) < 4.78 is 6.97. The summed E-state index contributed by atoms with van der Waals surface area (Å²) >= 11 is 0. The van der Waals surface area contributed by atoms with Gasteiger partial charge < -0.3 is 9.73 Å². The molecule has 1 amide bonds. The number of rotatable bonds is 5. The molecule has 1 N–H and O–H groups in total. The predicted octanol–water partition coefficient (Wildman–Crippen LogP) is 3.49. The first-order chi connectivity index (χ1) is 12.3. The maximum atomic E-state index is 12.6. The molecule has 0 aliphatic carbocycles. The lowest BCUT2D eigenvalue weighted by Gasteiger charge is -2.10. The summed E-state index contributed by atoms with van der Waals surface area (Å²) in [5.41, 5.74) is 1.08. The monoisotopic (exact) mass is 354 g/mol. The van der Waals surface area contributed by atoms with E-state index in [1.807, 2.05) is 20.8 Å². The highest BCUT2D eigenvalue weighted by Crippen LogP contribution is 2.25. The maximum Gasteiger partial charge on any atom is 0.271 e. The number of furan rings is 1. The molecule has 0 atom stereocenters. The van der Waals surface area contributed by atoms with E-state index in [2.05, 4.69) is 10.4 Å². The van der Waals surface area contributed by atoms with Crippen molar-refractivity contribution in [2.24, 2.45) is 0 Å². The second-order valence-corrected chi connectivity index (χ2v) is 6.14. The zero-order chi connectivity index (χ0) is 18.8. The molecular formula is C18H18N4O4. The smallest absolute Gasteiger partial charge is 0.271 e. The van der Waals surface area contributed by atoms with E-state index in [9.17, 15) is 14.9 Å². The molecule has 3 rings (SSSR count). The molecule has 2 heterocycles. The van der Waals surface area contributed by atoms with Gasteiger partial charge in [0.25, 0.3) is 11.6 Å². The number of nitrogens with one attached hydrogen (secondary N) is 1. The topological polar surface area (TPSA) is 103 Å². The van der Waals surface area contributed by atoms with Crippen molar-refractivity contribution in [2.45, 2.75) is 26.8 Å². The Bertz CT molecular complexity index is 971. The van der Waals surface area contributed by atoms with Gasteiger partial charge in [0, 0.05) is 24.2 Å². The fraction of sp³-hybridized carbons (Fsp3) is 0.222. The highest BCUT2D eigenvalue weighted by Gasteiger charge is 2.20. The Morgan fingerprint density at radius 3 is 2.65 bits per heavy atom. The van der Waals surface area contributed by atoms with Gasteiger partial charge in [-0.3, -0.25) is 14.9 Å². The zero-order valence-electron chi connectivity index (χ0n) is 14.6. The lowest BCUT2D eigenvalue weighted by molar-refractivity contribution is -0.384. The summed E-state index contributed by atoms with van der Waals surface area (Å²) in [7, 11) is 0. The summed E-state index contributed by atoms with van der Waals surface area (Å²) in [4.78, 5) is 23.2. The van der Waals surface area contributed by atoms with Crippen molar-refractivity contribution < 1.29 is 14.1 Å². The molecule has 0 bridgehead atoms. The van der Waals surface area contributed by atoms with Crippen LogP contribution in [-0.2, 0) is 0 Å². The Hall–Kier alpha value is -3.42. The first kappa shape index (κ1) is 17.4. The molecule has 0 spiro atoms. The molecule has 0 aliphatic rings. The molecule has 1 aromatic carbocycles. The number of nitro groups is 1. The van der Waals surface area contributed by atoms with Crippen LogP contribution in [0.15, 0.2) is 46.9 Å². The summed E-state index contributed by atoms with van der Waals surface area (Å²) in [6.45, 7) is 5.51. The van der Waals surface area contributed by atoms with Crippen LogP contribution in [-0.4, -0.2) is 26.7 Å². The van der Waals surface area contributed by atoms with Gasteiger partial charge in [0.1, 0.15) is 17.1 Å². The van der Waals surface area contributed by atoms with Crippen LogP contribution < -0.4 is 5.32 Å². The van der Waals surface area contributed by atoms with Gasteiger partial charge in [0.2, 0.25) is 0 Å². The lowest BCUT2D eigenvalue weighted by atomic mass is 10.2. The largest absolute Gasteiger partial charge is 0.460 e. The van der Waals surface area contributed by atoms with Crippen molar-refractivity contribution in [1.29, 1.82) is 0 Å². The minimum Gasteiger partial charge on any atom is -0.460 e. The van der Waals surface area contributed by atoms with Crippen LogP contribution in [0, 0.1) is 17.0 Å². The molecule has 0 aliphatic heterocycles. The molecule has 0 saturated heterocycles. The van der Waals surface area contributed by atoms with Crippen molar-refractivity contribution in [3.63, 3.8) is 0 Å². The van der Waals surface area contributed by atoms with Gasteiger partial charge in [-0.1, -0.05) is 6.07 Å². The van der Waals surface area contributed by atoms with Crippen LogP contribution >= 0.6 is 0 Å². The molecule has 0 unspecified atom stereocenters. The lowest BCUT2D eigenvalue weighted by Crippen LogP contribution is -2.31. The van der Waals surface area contributed by atoms with Gasteiger partial charge in [-0.25, -0.2) is 4.68 Å². The first-order valence-electron chi connectivity index (χ1n) is 8.07. The number of benzene rings is 1. The van der Waals surface area contributed by atoms with Crippen molar-refractivity contribution in [1.82, 2.24) is 15.1 Å². The van der Waals surface area contributed by atoms with Crippen molar-refractivity contribution >= 4 is 11.6 Å². The first-order valence-corrected chi connectivity index (χ1v) is 8.07. The third kappa shape index (κ3) is 3.49. The van der Waals surface area contributed by atoms with Crippen molar-refractivity contribution in [2.75, 3.05) is 0 Å². The van der Waals surface area contributed by atoms with Gasteiger partial charge in [0.15, 0.2) is 5.76 Å². The maximum absolute atomic E-state index is 12.6. The Labute approximate surface area is 149 Å². The van der Waals surface area contributed by atoms with Crippen LogP contribution in [0.5, 0.6) is 0 Å². The van der Waals surface area contributed by atoms with Crippen LogP contribution in [0.2, 0.25) is 0 Å². The summed E-state index contributed by atoms with van der Waals surface area (Å²) in [5, 5.41) is 18.3. The van der Waals surface area contributed by atoms with E-state index in [4.69, 9.17) is 4.42 Å². The number of carbonyl (C=O) groups excluding carboxylic acids is 1. The quantitative estimate of drug-likeness (QED) is 0.558. The fourth-order valence-corrected chi connectivity index (χ4v) is 2.51. The van der Waals surface area contributed by atoms with E-state index in [1.165, 1.54) is 16.8 Å².